The van der Waals surface area contributed by atoms with Crippen molar-refractivity contribution in [1.82, 2.24) is 0 Å². The van der Waals surface area contributed by atoms with Gasteiger partial charge < -0.3 is 23.7 Å². The molecule has 1 fully saturated rings. The molecule has 0 aliphatic carbocycles. The summed E-state index contributed by atoms with van der Waals surface area (Å²) in [6.45, 7) is 1.87. The van der Waals surface area contributed by atoms with Gasteiger partial charge in [0.25, 0.3) is 0 Å². The van der Waals surface area contributed by atoms with E-state index in [4.69, 9.17) is 23.7 Å². The summed E-state index contributed by atoms with van der Waals surface area (Å²) in [7, 11) is 1.61. The van der Waals surface area contributed by atoms with Crippen LogP contribution in [-0.2, 0) is 22.7 Å². The summed E-state index contributed by atoms with van der Waals surface area (Å²) in [4.78, 5) is 0. The summed E-state index contributed by atoms with van der Waals surface area (Å²) < 4.78 is 30.2. The molecule has 0 radical (unpaired) electrons. The Balaban J connectivity index is 1.68. The number of benzene rings is 3. The predicted molar refractivity (Wildman–Crippen MR) is 117 cm³/mol. The number of ether oxygens (including phenoxy) is 5. The number of rotatable bonds is 8. The Morgan fingerprint density at radius 3 is 1.90 bits per heavy atom. The van der Waals surface area contributed by atoms with E-state index in [0.717, 1.165) is 21.2 Å². The van der Waals surface area contributed by atoms with Crippen LogP contribution >= 0.6 is 15.9 Å². The molecule has 1 aliphatic heterocycles. The molecule has 3 aromatic rings. The van der Waals surface area contributed by atoms with Crippen LogP contribution in [0.5, 0.6) is 17.2 Å². The van der Waals surface area contributed by atoms with Crippen LogP contribution in [0.4, 0.5) is 0 Å². The average molecular weight is 471 g/mol. The van der Waals surface area contributed by atoms with E-state index in [2.05, 4.69) is 15.9 Å². The number of methoxy groups -OCH3 is 1. The van der Waals surface area contributed by atoms with E-state index < -0.39 is 6.29 Å². The van der Waals surface area contributed by atoms with Gasteiger partial charge in [0.1, 0.15) is 13.2 Å². The monoisotopic (exact) mass is 470 g/mol. The second kappa shape index (κ2) is 9.98. The Morgan fingerprint density at radius 1 is 0.833 bits per heavy atom. The first kappa shape index (κ1) is 20.7. The summed E-state index contributed by atoms with van der Waals surface area (Å²) in [5.74, 6) is 1.65. The molecule has 0 unspecified atom stereocenters. The highest BCUT2D eigenvalue weighted by Gasteiger charge is 2.28. The van der Waals surface area contributed by atoms with E-state index in [-0.39, 0.29) is 0 Å². The van der Waals surface area contributed by atoms with Gasteiger partial charge in [0.2, 0.25) is 5.75 Å². The van der Waals surface area contributed by atoms with Gasteiger partial charge in [-0.15, -0.1) is 0 Å². The van der Waals surface area contributed by atoms with Crippen molar-refractivity contribution < 1.29 is 23.7 Å². The Kier molecular flexibility index (Phi) is 6.89. The normalized spacial score (nSPS) is 13.9. The lowest BCUT2D eigenvalue weighted by molar-refractivity contribution is -0.0449. The van der Waals surface area contributed by atoms with Gasteiger partial charge in [0.15, 0.2) is 17.8 Å². The lowest BCUT2D eigenvalue weighted by atomic mass is 10.1. The van der Waals surface area contributed by atoms with Crippen LogP contribution in [0.25, 0.3) is 0 Å². The van der Waals surface area contributed by atoms with Crippen molar-refractivity contribution in [3.8, 4) is 17.2 Å². The molecule has 4 rings (SSSR count). The SMILES string of the molecule is COc1cc(C2OCCO2)c(Br)c(OCc2ccccc2)c1OCc1ccccc1. The first-order chi connectivity index (χ1) is 14.8. The number of halogens is 1. The van der Waals surface area contributed by atoms with Crippen molar-refractivity contribution in [3.63, 3.8) is 0 Å². The van der Waals surface area contributed by atoms with E-state index >= 15 is 0 Å². The lowest BCUT2D eigenvalue weighted by Crippen LogP contribution is -2.07. The van der Waals surface area contributed by atoms with Crippen molar-refractivity contribution in [2.45, 2.75) is 19.5 Å². The van der Waals surface area contributed by atoms with Crippen molar-refractivity contribution in [3.05, 3.63) is 87.9 Å². The molecular formula is C24H23BrO5. The molecule has 156 valence electrons. The minimum absolute atomic E-state index is 0.389. The highest BCUT2D eigenvalue weighted by molar-refractivity contribution is 9.10. The molecule has 0 bridgehead atoms. The zero-order chi connectivity index (χ0) is 20.8. The second-order valence-electron chi connectivity index (χ2n) is 6.76. The molecule has 3 aromatic carbocycles. The van der Waals surface area contributed by atoms with Gasteiger partial charge in [-0.25, -0.2) is 0 Å². The summed E-state index contributed by atoms with van der Waals surface area (Å²) in [5.41, 5.74) is 2.91. The molecule has 0 amide bonds. The number of hydrogen-bond donors (Lipinski definition) is 0. The highest BCUT2D eigenvalue weighted by Crippen LogP contribution is 2.48. The van der Waals surface area contributed by atoms with E-state index in [1.807, 2.05) is 66.7 Å². The van der Waals surface area contributed by atoms with E-state index in [0.29, 0.717) is 43.7 Å². The lowest BCUT2D eigenvalue weighted by Gasteiger charge is -2.21. The minimum atomic E-state index is -0.476. The van der Waals surface area contributed by atoms with E-state index in [1.54, 1.807) is 7.11 Å². The zero-order valence-corrected chi connectivity index (χ0v) is 18.3. The molecule has 1 saturated heterocycles. The zero-order valence-electron chi connectivity index (χ0n) is 16.7. The van der Waals surface area contributed by atoms with Gasteiger partial charge in [-0.2, -0.15) is 0 Å². The van der Waals surface area contributed by atoms with Crippen LogP contribution in [0, 0.1) is 0 Å². The third kappa shape index (κ3) is 4.78. The molecular weight excluding hydrogens is 448 g/mol. The fraction of sp³-hybridized carbons (Fsp3) is 0.250. The third-order valence-electron chi connectivity index (χ3n) is 4.72. The Bertz CT molecular complexity index is 956. The maximum absolute atomic E-state index is 6.22. The molecule has 1 aliphatic rings. The fourth-order valence-electron chi connectivity index (χ4n) is 3.20. The molecule has 5 nitrogen and oxygen atoms in total. The molecule has 1 heterocycles. The Morgan fingerprint density at radius 2 is 1.37 bits per heavy atom. The van der Waals surface area contributed by atoms with Crippen molar-refractivity contribution in [1.29, 1.82) is 0 Å². The maximum atomic E-state index is 6.22. The van der Waals surface area contributed by atoms with Crippen LogP contribution in [-0.4, -0.2) is 20.3 Å². The van der Waals surface area contributed by atoms with Crippen LogP contribution in [0.1, 0.15) is 23.0 Å². The quantitative estimate of drug-likeness (QED) is 0.424. The van der Waals surface area contributed by atoms with E-state index in [1.165, 1.54) is 0 Å². The summed E-state index contributed by atoms with van der Waals surface area (Å²) in [6.07, 6.45) is -0.476. The van der Waals surface area contributed by atoms with Crippen LogP contribution in [0.15, 0.2) is 71.2 Å². The second-order valence-corrected chi connectivity index (χ2v) is 7.56. The molecule has 0 atom stereocenters. The van der Waals surface area contributed by atoms with Gasteiger partial charge in [-0.3, -0.25) is 0 Å². The number of hydrogen-bond acceptors (Lipinski definition) is 5. The van der Waals surface area contributed by atoms with Crippen LogP contribution < -0.4 is 14.2 Å². The van der Waals surface area contributed by atoms with Crippen molar-refractivity contribution >= 4 is 15.9 Å². The first-order valence-corrected chi connectivity index (χ1v) is 10.5. The summed E-state index contributed by atoms with van der Waals surface area (Å²) in [5, 5.41) is 0. The molecule has 6 heteroatoms. The van der Waals surface area contributed by atoms with Crippen LogP contribution in [0.3, 0.4) is 0 Å². The van der Waals surface area contributed by atoms with Gasteiger partial charge in [0, 0.05) is 5.56 Å². The first-order valence-electron chi connectivity index (χ1n) is 9.73. The Hall–Kier alpha value is -2.54. The molecule has 0 aromatic heterocycles. The minimum Gasteiger partial charge on any atom is -0.493 e. The van der Waals surface area contributed by atoms with Gasteiger partial charge in [-0.1, -0.05) is 60.7 Å². The van der Waals surface area contributed by atoms with Gasteiger partial charge >= 0.3 is 0 Å². The molecule has 0 spiro atoms. The topological polar surface area (TPSA) is 46.2 Å². The predicted octanol–water partition coefficient (Wildman–Crippen LogP) is 5.66. The maximum Gasteiger partial charge on any atom is 0.205 e. The summed E-state index contributed by atoms with van der Waals surface area (Å²) >= 11 is 3.68. The molecule has 30 heavy (non-hydrogen) atoms. The largest absolute Gasteiger partial charge is 0.493 e. The Labute approximate surface area is 184 Å². The van der Waals surface area contributed by atoms with Gasteiger partial charge in [0.05, 0.1) is 24.8 Å². The molecule has 0 N–H and O–H groups in total. The summed E-state index contributed by atoms with van der Waals surface area (Å²) in [6, 6.07) is 21.8. The average Bonchev–Trinajstić information content (AvgIpc) is 3.33. The standard InChI is InChI=1S/C24H23BrO5/c1-26-20-14-19(24-27-12-13-28-24)21(25)23(30-16-18-10-6-3-7-11-18)22(20)29-15-17-8-4-2-5-9-17/h2-11,14,24H,12-13,15-16H2,1H3. The third-order valence-corrected chi connectivity index (χ3v) is 5.54. The van der Waals surface area contributed by atoms with Gasteiger partial charge in [-0.05, 0) is 33.1 Å². The fourth-order valence-corrected chi connectivity index (χ4v) is 3.79. The highest BCUT2D eigenvalue weighted by atomic mass is 79.9. The van der Waals surface area contributed by atoms with Crippen molar-refractivity contribution in [2.24, 2.45) is 0 Å². The van der Waals surface area contributed by atoms with E-state index in [9.17, 15) is 0 Å². The van der Waals surface area contributed by atoms with Crippen LogP contribution in [0.2, 0.25) is 0 Å². The van der Waals surface area contributed by atoms with Crippen molar-refractivity contribution in [2.75, 3.05) is 20.3 Å². The molecule has 0 saturated carbocycles. The smallest absolute Gasteiger partial charge is 0.205 e.